The van der Waals surface area contributed by atoms with Crippen LogP contribution in [0.2, 0.25) is 0 Å². The van der Waals surface area contributed by atoms with Crippen molar-refractivity contribution in [2.24, 2.45) is 0 Å². The SMILES string of the molecule is CS(=O)(=O)N1CCC(OCc2nc(-c3cnccn3)no2)CC1. The number of ether oxygens (including phenoxy) is 1. The molecule has 10 heteroatoms. The van der Waals surface area contributed by atoms with Gasteiger partial charge in [-0.1, -0.05) is 5.16 Å². The fourth-order valence-electron chi connectivity index (χ4n) is 2.35. The zero-order valence-corrected chi connectivity index (χ0v) is 13.4. The monoisotopic (exact) mass is 339 g/mol. The van der Waals surface area contributed by atoms with Gasteiger partial charge in [0.2, 0.25) is 15.8 Å². The van der Waals surface area contributed by atoms with E-state index < -0.39 is 10.0 Å². The molecule has 2 aromatic rings. The van der Waals surface area contributed by atoms with Gasteiger partial charge < -0.3 is 9.26 Å². The summed E-state index contributed by atoms with van der Waals surface area (Å²) < 4.78 is 35.2. The van der Waals surface area contributed by atoms with Crippen LogP contribution in [0.5, 0.6) is 0 Å². The molecule has 0 saturated carbocycles. The van der Waals surface area contributed by atoms with Crippen molar-refractivity contribution in [1.82, 2.24) is 24.4 Å². The van der Waals surface area contributed by atoms with Crippen molar-refractivity contribution in [1.29, 1.82) is 0 Å². The number of nitrogens with zero attached hydrogens (tertiary/aromatic N) is 5. The summed E-state index contributed by atoms with van der Waals surface area (Å²) in [6.45, 7) is 1.13. The molecule has 1 aliphatic heterocycles. The van der Waals surface area contributed by atoms with E-state index in [1.54, 1.807) is 18.6 Å². The standard InChI is InChI=1S/C13H17N5O4S/c1-23(19,20)18-6-2-10(3-7-18)21-9-12-16-13(17-22-12)11-8-14-4-5-15-11/h4-5,8,10H,2-3,6-7,9H2,1H3. The first-order chi connectivity index (χ1) is 11.0. The highest BCUT2D eigenvalue weighted by atomic mass is 32.2. The summed E-state index contributed by atoms with van der Waals surface area (Å²) in [6, 6.07) is 0. The van der Waals surface area contributed by atoms with E-state index in [2.05, 4.69) is 20.1 Å². The molecule has 23 heavy (non-hydrogen) atoms. The minimum atomic E-state index is -3.12. The van der Waals surface area contributed by atoms with E-state index in [-0.39, 0.29) is 12.7 Å². The number of piperidine rings is 1. The number of aromatic nitrogens is 4. The van der Waals surface area contributed by atoms with Crippen molar-refractivity contribution in [2.45, 2.75) is 25.6 Å². The molecule has 0 spiro atoms. The summed E-state index contributed by atoms with van der Waals surface area (Å²) in [5.74, 6) is 0.722. The summed E-state index contributed by atoms with van der Waals surface area (Å²) >= 11 is 0. The van der Waals surface area contributed by atoms with Crippen molar-refractivity contribution in [3.8, 4) is 11.5 Å². The molecular weight excluding hydrogens is 322 g/mol. The lowest BCUT2D eigenvalue weighted by Gasteiger charge is -2.29. The minimum Gasteiger partial charge on any atom is -0.368 e. The van der Waals surface area contributed by atoms with Crippen molar-refractivity contribution in [3.05, 3.63) is 24.5 Å². The van der Waals surface area contributed by atoms with E-state index in [0.717, 1.165) is 0 Å². The molecule has 0 aromatic carbocycles. The molecule has 0 unspecified atom stereocenters. The van der Waals surface area contributed by atoms with Gasteiger partial charge in [-0.05, 0) is 12.8 Å². The quantitative estimate of drug-likeness (QED) is 0.772. The van der Waals surface area contributed by atoms with Crippen LogP contribution >= 0.6 is 0 Å². The van der Waals surface area contributed by atoms with E-state index in [4.69, 9.17) is 9.26 Å². The van der Waals surface area contributed by atoms with E-state index >= 15 is 0 Å². The fraction of sp³-hybridized carbons (Fsp3) is 0.538. The van der Waals surface area contributed by atoms with E-state index in [9.17, 15) is 8.42 Å². The zero-order valence-electron chi connectivity index (χ0n) is 12.6. The second-order valence-electron chi connectivity index (χ2n) is 5.27. The topological polar surface area (TPSA) is 111 Å². The molecular formula is C13H17N5O4S. The molecule has 1 aliphatic rings. The molecule has 1 fully saturated rings. The predicted octanol–water partition coefficient (Wildman–Crippen LogP) is 0.467. The van der Waals surface area contributed by atoms with Gasteiger partial charge in [-0.15, -0.1) is 0 Å². The third-order valence-corrected chi connectivity index (χ3v) is 4.88. The Morgan fingerprint density at radius 2 is 2.13 bits per heavy atom. The molecule has 0 atom stereocenters. The lowest BCUT2D eigenvalue weighted by atomic mass is 10.1. The highest BCUT2D eigenvalue weighted by molar-refractivity contribution is 7.88. The van der Waals surface area contributed by atoms with Gasteiger partial charge in [-0.3, -0.25) is 4.98 Å². The molecule has 0 bridgehead atoms. The largest absolute Gasteiger partial charge is 0.368 e. The van der Waals surface area contributed by atoms with Crippen LogP contribution < -0.4 is 0 Å². The molecule has 3 rings (SSSR count). The number of hydrogen-bond acceptors (Lipinski definition) is 8. The van der Waals surface area contributed by atoms with Crippen LogP contribution in [0.1, 0.15) is 18.7 Å². The maximum atomic E-state index is 11.5. The Kier molecular flexibility index (Phi) is 4.64. The van der Waals surface area contributed by atoms with Gasteiger partial charge in [0.15, 0.2) is 0 Å². The summed E-state index contributed by atoms with van der Waals surface area (Å²) in [5.41, 5.74) is 0.531. The first-order valence-corrected chi connectivity index (χ1v) is 9.03. The molecule has 2 aromatic heterocycles. The zero-order chi connectivity index (χ0) is 16.3. The van der Waals surface area contributed by atoms with Gasteiger partial charge in [0.05, 0.1) is 18.6 Å². The molecule has 3 heterocycles. The Bertz CT molecular complexity index is 741. The van der Waals surface area contributed by atoms with Crippen LogP contribution in [0.4, 0.5) is 0 Å². The molecule has 9 nitrogen and oxygen atoms in total. The van der Waals surface area contributed by atoms with Gasteiger partial charge in [-0.25, -0.2) is 17.7 Å². The van der Waals surface area contributed by atoms with Crippen molar-refractivity contribution in [2.75, 3.05) is 19.3 Å². The lowest BCUT2D eigenvalue weighted by Crippen LogP contribution is -2.40. The second-order valence-corrected chi connectivity index (χ2v) is 7.26. The summed E-state index contributed by atoms with van der Waals surface area (Å²) in [4.78, 5) is 12.2. The van der Waals surface area contributed by atoms with Gasteiger partial charge >= 0.3 is 0 Å². The van der Waals surface area contributed by atoms with Crippen LogP contribution in [0.25, 0.3) is 11.5 Å². The van der Waals surface area contributed by atoms with Crippen molar-refractivity contribution < 1.29 is 17.7 Å². The summed E-state index contributed by atoms with van der Waals surface area (Å²) in [7, 11) is -3.12. The molecule has 0 radical (unpaired) electrons. The van der Waals surface area contributed by atoms with Crippen LogP contribution in [0.3, 0.4) is 0 Å². The summed E-state index contributed by atoms with van der Waals surface area (Å²) in [5, 5.41) is 3.84. The highest BCUT2D eigenvalue weighted by Gasteiger charge is 2.25. The van der Waals surface area contributed by atoms with Gasteiger partial charge in [-0.2, -0.15) is 4.98 Å². The molecule has 124 valence electrons. The Labute approximate surface area is 133 Å². The first kappa shape index (κ1) is 16.0. The van der Waals surface area contributed by atoms with E-state index in [1.807, 2.05) is 0 Å². The normalized spacial score (nSPS) is 17.4. The minimum absolute atomic E-state index is 0.0140. The number of sulfonamides is 1. The molecule has 1 saturated heterocycles. The smallest absolute Gasteiger partial charge is 0.253 e. The maximum absolute atomic E-state index is 11.5. The van der Waals surface area contributed by atoms with Gasteiger partial charge in [0, 0.05) is 25.5 Å². The Morgan fingerprint density at radius 1 is 1.35 bits per heavy atom. The van der Waals surface area contributed by atoms with Crippen LogP contribution in [0, 0.1) is 0 Å². The average Bonchev–Trinajstić information content (AvgIpc) is 3.02. The summed E-state index contributed by atoms with van der Waals surface area (Å²) in [6.07, 6.45) is 7.18. The number of hydrogen-bond donors (Lipinski definition) is 0. The fourth-order valence-corrected chi connectivity index (χ4v) is 3.23. The van der Waals surface area contributed by atoms with Crippen LogP contribution in [0.15, 0.2) is 23.1 Å². The first-order valence-electron chi connectivity index (χ1n) is 7.18. The molecule has 0 aliphatic carbocycles. The second kappa shape index (κ2) is 6.69. The third kappa shape index (κ3) is 4.09. The van der Waals surface area contributed by atoms with E-state index in [0.29, 0.717) is 43.3 Å². The Morgan fingerprint density at radius 3 is 2.78 bits per heavy atom. The highest BCUT2D eigenvalue weighted by Crippen LogP contribution is 2.18. The number of rotatable bonds is 5. The third-order valence-electron chi connectivity index (χ3n) is 3.57. The molecule has 0 N–H and O–H groups in total. The Balaban J connectivity index is 1.51. The van der Waals surface area contributed by atoms with Gasteiger partial charge in [0.1, 0.15) is 12.3 Å². The average molecular weight is 339 g/mol. The van der Waals surface area contributed by atoms with E-state index in [1.165, 1.54) is 10.6 Å². The lowest BCUT2D eigenvalue weighted by molar-refractivity contribution is -0.00111. The maximum Gasteiger partial charge on any atom is 0.253 e. The Hall–Kier alpha value is -1.91. The van der Waals surface area contributed by atoms with Crippen LogP contribution in [-0.2, 0) is 21.4 Å². The predicted molar refractivity (Wildman–Crippen MR) is 79.6 cm³/mol. The van der Waals surface area contributed by atoms with Gasteiger partial charge in [0.25, 0.3) is 5.89 Å². The van der Waals surface area contributed by atoms with Crippen LogP contribution in [-0.4, -0.2) is 58.3 Å². The van der Waals surface area contributed by atoms with Crippen molar-refractivity contribution >= 4 is 10.0 Å². The molecule has 0 amide bonds. The van der Waals surface area contributed by atoms with Crippen molar-refractivity contribution in [3.63, 3.8) is 0 Å².